The number of hydrogen-bond acceptors (Lipinski definition) is 5. The summed E-state index contributed by atoms with van der Waals surface area (Å²) < 4.78 is 28.2. The number of halogens is 1. The van der Waals surface area contributed by atoms with Gasteiger partial charge in [-0.05, 0) is 23.8 Å². The summed E-state index contributed by atoms with van der Waals surface area (Å²) in [5.41, 5.74) is 6.08. The van der Waals surface area contributed by atoms with Gasteiger partial charge in [-0.3, -0.25) is 4.68 Å². The van der Waals surface area contributed by atoms with E-state index in [0.717, 1.165) is 0 Å². The van der Waals surface area contributed by atoms with Crippen LogP contribution in [0, 0.1) is 0 Å². The largest absolute Gasteiger partial charge is 0.326 e. The van der Waals surface area contributed by atoms with Crippen molar-refractivity contribution in [2.24, 2.45) is 12.8 Å². The molecule has 0 atom stereocenters. The number of rotatable bonds is 5. The van der Waals surface area contributed by atoms with E-state index >= 15 is 0 Å². The van der Waals surface area contributed by atoms with Crippen molar-refractivity contribution in [3.05, 3.63) is 40.9 Å². The molecule has 0 aliphatic rings. The molecule has 0 radical (unpaired) electrons. The summed E-state index contributed by atoms with van der Waals surface area (Å²) in [6.45, 7) is 0.188. The highest BCUT2D eigenvalue weighted by Crippen LogP contribution is 2.20. The van der Waals surface area contributed by atoms with Gasteiger partial charge in [0.25, 0.3) is 0 Å². The van der Waals surface area contributed by atoms with Crippen LogP contribution in [-0.4, -0.2) is 23.2 Å². The fourth-order valence-corrected chi connectivity index (χ4v) is 2.81. The van der Waals surface area contributed by atoms with E-state index in [-0.39, 0.29) is 18.0 Å². The molecular formula is C11H14ClN5O2S. The number of aromatic nitrogens is 3. The van der Waals surface area contributed by atoms with Crippen molar-refractivity contribution in [1.82, 2.24) is 19.5 Å². The van der Waals surface area contributed by atoms with Gasteiger partial charge in [-0.25, -0.2) is 18.1 Å². The molecule has 9 heteroatoms. The van der Waals surface area contributed by atoms with Gasteiger partial charge in [-0.1, -0.05) is 11.6 Å². The van der Waals surface area contributed by atoms with Gasteiger partial charge in [-0.15, -0.1) is 0 Å². The standard InChI is InChI=1S/C11H14ClN5O2S/c1-17-7-14-11(16-17)6-15-20(18,19)9-2-3-10(12)8(4-9)5-13/h2-4,7,15H,5-6,13H2,1H3. The zero-order valence-corrected chi connectivity index (χ0v) is 12.3. The minimum absolute atomic E-state index is 0.0176. The zero-order valence-electron chi connectivity index (χ0n) is 10.7. The highest BCUT2D eigenvalue weighted by molar-refractivity contribution is 7.89. The van der Waals surface area contributed by atoms with Gasteiger partial charge >= 0.3 is 0 Å². The number of nitrogens with one attached hydrogen (secondary N) is 1. The van der Waals surface area contributed by atoms with Gasteiger partial charge in [0.05, 0.1) is 11.4 Å². The average molecular weight is 316 g/mol. The summed E-state index contributed by atoms with van der Waals surface area (Å²) >= 11 is 5.90. The molecule has 2 rings (SSSR count). The van der Waals surface area contributed by atoms with Crippen molar-refractivity contribution in [3.8, 4) is 0 Å². The van der Waals surface area contributed by atoms with Gasteiger partial charge in [0, 0.05) is 18.6 Å². The topological polar surface area (TPSA) is 103 Å². The molecule has 2 aromatic rings. The molecule has 0 saturated heterocycles. The van der Waals surface area contributed by atoms with Crippen LogP contribution in [0.3, 0.4) is 0 Å². The number of nitrogens with zero attached hydrogens (tertiary/aromatic N) is 3. The third-order valence-electron chi connectivity index (χ3n) is 2.61. The lowest BCUT2D eigenvalue weighted by Crippen LogP contribution is -2.24. The minimum atomic E-state index is -3.65. The van der Waals surface area contributed by atoms with E-state index in [9.17, 15) is 8.42 Å². The maximum Gasteiger partial charge on any atom is 0.240 e. The van der Waals surface area contributed by atoms with E-state index in [0.29, 0.717) is 16.4 Å². The Hall–Kier alpha value is -1.48. The Morgan fingerprint density at radius 2 is 2.20 bits per heavy atom. The number of hydrogen-bond donors (Lipinski definition) is 2. The molecule has 0 fully saturated rings. The highest BCUT2D eigenvalue weighted by atomic mass is 35.5. The summed E-state index contributed by atoms with van der Waals surface area (Å²) in [7, 11) is -1.95. The average Bonchev–Trinajstić information content (AvgIpc) is 2.83. The van der Waals surface area contributed by atoms with Crippen LogP contribution in [0.4, 0.5) is 0 Å². The first-order chi connectivity index (χ1) is 9.42. The van der Waals surface area contributed by atoms with Crippen molar-refractivity contribution in [2.45, 2.75) is 18.0 Å². The molecule has 0 saturated carbocycles. The van der Waals surface area contributed by atoms with Crippen LogP contribution in [0.25, 0.3) is 0 Å². The van der Waals surface area contributed by atoms with Crippen molar-refractivity contribution in [1.29, 1.82) is 0 Å². The van der Waals surface area contributed by atoms with E-state index in [1.54, 1.807) is 7.05 Å². The molecule has 1 aromatic heterocycles. The Balaban J connectivity index is 2.17. The summed E-state index contributed by atoms with van der Waals surface area (Å²) in [6, 6.07) is 4.39. The molecule has 0 amide bonds. The van der Waals surface area contributed by atoms with Crippen molar-refractivity contribution in [3.63, 3.8) is 0 Å². The van der Waals surface area contributed by atoms with Crippen molar-refractivity contribution in [2.75, 3.05) is 0 Å². The van der Waals surface area contributed by atoms with Crippen LogP contribution in [0.1, 0.15) is 11.4 Å². The van der Waals surface area contributed by atoms with Crippen LogP contribution < -0.4 is 10.5 Å². The van der Waals surface area contributed by atoms with Gasteiger partial charge in [0.15, 0.2) is 5.82 Å². The summed E-state index contributed by atoms with van der Waals surface area (Å²) in [5.74, 6) is 0.393. The predicted molar refractivity (Wildman–Crippen MR) is 74.4 cm³/mol. The van der Waals surface area contributed by atoms with E-state index in [1.165, 1.54) is 29.2 Å². The van der Waals surface area contributed by atoms with E-state index in [2.05, 4.69) is 14.8 Å². The Bertz CT molecular complexity index is 713. The Morgan fingerprint density at radius 1 is 1.45 bits per heavy atom. The predicted octanol–water partition coefficient (Wildman–Crippen LogP) is 0.406. The molecule has 0 aliphatic heterocycles. The lowest BCUT2D eigenvalue weighted by molar-refractivity contribution is 0.578. The molecule has 1 heterocycles. The van der Waals surface area contributed by atoms with E-state index in [1.807, 2.05) is 0 Å². The minimum Gasteiger partial charge on any atom is -0.326 e. The van der Waals surface area contributed by atoms with Crippen LogP contribution in [0.15, 0.2) is 29.4 Å². The monoisotopic (exact) mass is 315 g/mol. The van der Waals surface area contributed by atoms with Gasteiger partial charge in [0.2, 0.25) is 10.0 Å². The number of nitrogens with two attached hydrogens (primary N) is 1. The van der Waals surface area contributed by atoms with E-state index in [4.69, 9.17) is 17.3 Å². The molecule has 0 bridgehead atoms. The second-order valence-electron chi connectivity index (χ2n) is 4.12. The first-order valence-electron chi connectivity index (χ1n) is 5.75. The van der Waals surface area contributed by atoms with Gasteiger partial charge in [0.1, 0.15) is 6.33 Å². The Kier molecular flexibility index (Phi) is 4.39. The zero-order chi connectivity index (χ0) is 14.8. The SMILES string of the molecule is Cn1cnc(CNS(=O)(=O)c2ccc(Cl)c(CN)c2)n1. The quantitative estimate of drug-likeness (QED) is 0.831. The van der Waals surface area contributed by atoms with Crippen LogP contribution in [-0.2, 0) is 30.2 Å². The highest BCUT2D eigenvalue weighted by Gasteiger charge is 2.16. The summed E-state index contributed by atoms with van der Waals surface area (Å²) in [5, 5.41) is 4.44. The second kappa shape index (κ2) is 5.88. The first kappa shape index (κ1) is 14.9. The normalized spacial score (nSPS) is 11.8. The van der Waals surface area contributed by atoms with Crippen LogP contribution in [0.2, 0.25) is 5.02 Å². The van der Waals surface area contributed by atoms with Gasteiger partial charge < -0.3 is 5.73 Å². The smallest absolute Gasteiger partial charge is 0.240 e. The second-order valence-corrected chi connectivity index (χ2v) is 6.29. The fraction of sp³-hybridized carbons (Fsp3) is 0.273. The molecule has 0 unspecified atom stereocenters. The third kappa shape index (κ3) is 3.34. The molecule has 3 N–H and O–H groups in total. The maximum absolute atomic E-state index is 12.1. The molecule has 0 aliphatic carbocycles. The summed E-state index contributed by atoms with van der Waals surface area (Å²) in [4.78, 5) is 4.05. The first-order valence-corrected chi connectivity index (χ1v) is 7.61. The molecule has 108 valence electrons. The number of aryl methyl sites for hydroxylation is 1. The molecule has 1 aromatic carbocycles. The fourth-order valence-electron chi connectivity index (χ4n) is 1.58. The van der Waals surface area contributed by atoms with E-state index < -0.39 is 10.0 Å². The Labute approximate surface area is 121 Å². The maximum atomic E-state index is 12.1. The molecular weight excluding hydrogens is 302 g/mol. The third-order valence-corrected chi connectivity index (χ3v) is 4.38. The molecule has 0 spiro atoms. The number of sulfonamides is 1. The number of benzene rings is 1. The van der Waals surface area contributed by atoms with Crippen molar-refractivity contribution < 1.29 is 8.42 Å². The summed E-state index contributed by atoms with van der Waals surface area (Å²) in [6.07, 6.45) is 1.50. The lowest BCUT2D eigenvalue weighted by Gasteiger charge is -2.07. The lowest BCUT2D eigenvalue weighted by atomic mass is 10.2. The molecule has 7 nitrogen and oxygen atoms in total. The van der Waals surface area contributed by atoms with Gasteiger partial charge in [-0.2, -0.15) is 5.10 Å². The van der Waals surface area contributed by atoms with Crippen LogP contribution >= 0.6 is 11.6 Å². The van der Waals surface area contributed by atoms with Crippen molar-refractivity contribution >= 4 is 21.6 Å². The molecule has 20 heavy (non-hydrogen) atoms. The van der Waals surface area contributed by atoms with Crippen LogP contribution in [0.5, 0.6) is 0 Å². The Morgan fingerprint density at radius 3 is 2.80 bits per heavy atom.